The van der Waals surface area contributed by atoms with Crippen LogP contribution in [0.3, 0.4) is 0 Å². The van der Waals surface area contributed by atoms with Crippen LogP contribution in [0.5, 0.6) is 0 Å². The standard InChI is InChI=1S/C16H24N2O2S.C2HF3O2/c1-11-15(12(2)20-17-11)6-18-9-16(10-18)5-14(8-21-16)19-7-13-3-4-13;3-2(4,5)1(6)7/h13-14H,3-10H2,1-2H3;(H,6,7). The zero-order chi connectivity index (χ0) is 20.5. The summed E-state index contributed by atoms with van der Waals surface area (Å²) in [6, 6.07) is 0. The second kappa shape index (κ2) is 8.23. The van der Waals surface area contributed by atoms with Crippen LogP contribution in [0.2, 0.25) is 0 Å². The molecule has 3 aliphatic rings. The fourth-order valence-corrected chi connectivity index (χ4v) is 5.12. The summed E-state index contributed by atoms with van der Waals surface area (Å²) in [5.41, 5.74) is 2.31. The van der Waals surface area contributed by atoms with E-state index in [0.29, 0.717) is 10.9 Å². The SMILES string of the molecule is Cc1noc(C)c1CN1CC2(CC(OCC3CC3)CS2)C1.O=C(O)C(F)(F)F. The molecule has 3 fully saturated rings. The normalized spacial score (nSPS) is 24.0. The molecule has 1 spiro atoms. The smallest absolute Gasteiger partial charge is 0.475 e. The van der Waals surface area contributed by atoms with Crippen LogP contribution in [0.4, 0.5) is 13.2 Å². The number of nitrogens with zero attached hydrogens (tertiary/aromatic N) is 2. The number of rotatable bonds is 5. The molecule has 1 N–H and O–H groups in total. The molecule has 1 aromatic rings. The first kappa shape index (κ1) is 21.4. The maximum atomic E-state index is 10.6. The van der Waals surface area contributed by atoms with Gasteiger partial charge in [-0.15, -0.1) is 11.8 Å². The van der Waals surface area contributed by atoms with Gasteiger partial charge < -0.3 is 14.4 Å². The maximum Gasteiger partial charge on any atom is 0.490 e. The number of hydrogen-bond donors (Lipinski definition) is 1. The molecule has 10 heteroatoms. The lowest BCUT2D eigenvalue weighted by Crippen LogP contribution is -2.58. The number of carboxylic acids is 1. The van der Waals surface area contributed by atoms with Gasteiger partial charge in [0, 0.05) is 42.3 Å². The number of likely N-dealkylation sites (tertiary alicyclic amines) is 1. The van der Waals surface area contributed by atoms with E-state index in [1.807, 2.05) is 13.8 Å². The average Bonchev–Trinajstić information content (AvgIpc) is 3.24. The highest BCUT2D eigenvalue weighted by molar-refractivity contribution is 8.01. The van der Waals surface area contributed by atoms with Crippen molar-refractivity contribution in [2.24, 2.45) is 5.92 Å². The molecule has 1 unspecified atom stereocenters. The quantitative estimate of drug-likeness (QED) is 0.779. The molecule has 3 heterocycles. The minimum atomic E-state index is -5.08. The van der Waals surface area contributed by atoms with Crippen molar-refractivity contribution < 1.29 is 32.3 Å². The van der Waals surface area contributed by atoms with Gasteiger partial charge in [0.15, 0.2) is 0 Å². The molecule has 158 valence electrons. The lowest BCUT2D eigenvalue weighted by Gasteiger charge is -2.47. The van der Waals surface area contributed by atoms with E-state index < -0.39 is 12.1 Å². The second-order valence-electron chi connectivity index (χ2n) is 7.85. The first-order valence-electron chi connectivity index (χ1n) is 9.28. The number of aryl methyl sites for hydroxylation is 2. The van der Waals surface area contributed by atoms with Gasteiger partial charge in [-0.05, 0) is 39.0 Å². The Morgan fingerprint density at radius 3 is 2.54 bits per heavy atom. The fourth-order valence-electron chi connectivity index (χ4n) is 3.52. The number of aliphatic carboxylic acids is 1. The van der Waals surface area contributed by atoms with Gasteiger partial charge in [0.1, 0.15) is 5.76 Å². The number of halogens is 3. The molecule has 1 saturated carbocycles. The van der Waals surface area contributed by atoms with Crippen molar-refractivity contribution in [3.8, 4) is 0 Å². The van der Waals surface area contributed by atoms with Crippen molar-refractivity contribution in [3.05, 3.63) is 17.0 Å². The summed E-state index contributed by atoms with van der Waals surface area (Å²) in [5.74, 6) is 0.279. The largest absolute Gasteiger partial charge is 0.490 e. The van der Waals surface area contributed by atoms with Crippen LogP contribution in [0.25, 0.3) is 0 Å². The number of alkyl halides is 3. The Balaban J connectivity index is 0.000000279. The van der Waals surface area contributed by atoms with Gasteiger partial charge in [0.2, 0.25) is 0 Å². The molecule has 28 heavy (non-hydrogen) atoms. The number of aromatic nitrogens is 1. The van der Waals surface area contributed by atoms with E-state index in [9.17, 15) is 13.2 Å². The molecule has 1 aromatic heterocycles. The number of carboxylic acid groups (broad SMARTS) is 1. The third kappa shape index (κ3) is 5.42. The topological polar surface area (TPSA) is 75.8 Å². The zero-order valence-electron chi connectivity index (χ0n) is 15.9. The number of ether oxygens (including phenoxy) is 1. The predicted molar refractivity (Wildman–Crippen MR) is 97.2 cm³/mol. The lowest BCUT2D eigenvalue weighted by atomic mass is 9.92. The van der Waals surface area contributed by atoms with Gasteiger partial charge in [0.05, 0.1) is 11.8 Å². The lowest BCUT2D eigenvalue weighted by molar-refractivity contribution is -0.192. The van der Waals surface area contributed by atoms with Crippen LogP contribution in [-0.4, -0.2) is 63.6 Å². The van der Waals surface area contributed by atoms with Crippen molar-refractivity contribution in [1.29, 1.82) is 0 Å². The predicted octanol–water partition coefficient (Wildman–Crippen LogP) is 3.41. The van der Waals surface area contributed by atoms with E-state index in [4.69, 9.17) is 19.2 Å². The third-order valence-electron chi connectivity index (χ3n) is 5.27. The first-order chi connectivity index (χ1) is 13.1. The highest BCUT2D eigenvalue weighted by Crippen LogP contribution is 2.47. The van der Waals surface area contributed by atoms with Crippen LogP contribution < -0.4 is 0 Å². The van der Waals surface area contributed by atoms with Crippen LogP contribution in [-0.2, 0) is 16.1 Å². The van der Waals surface area contributed by atoms with Gasteiger partial charge in [0.25, 0.3) is 0 Å². The van der Waals surface area contributed by atoms with Gasteiger partial charge >= 0.3 is 12.1 Å². The molecule has 1 aliphatic carbocycles. The summed E-state index contributed by atoms with van der Waals surface area (Å²) in [5, 5.41) is 11.2. The fraction of sp³-hybridized carbons (Fsp3) is 0.778. The van der Waals surface area contributed by atoms with Crippen molar-refractivity contribution in [2.45, 2.75) is 56.7 Å². The molecule has 4 rings (SSSR count). The van der Waals surface area contributed by atoms with Gasteiger partial charge in [-0.1, -0.05) is 5.16 Å². The third-order valence-corrected chi connectivity index (χ3v) is 6.84. The monoisotopic (exact) mass is 422 g/mol. The van der Waals surface area contributed by atoms with Crippen molar-refractivity contribution in [3.63, 3.8) is 0 Å². The Hall–Kier alpha value is -1.26. The number of carbonyl (C=O) groups is 1. The van der Waals surface area contributed by atoms with E-state index in [2.05, 4.69) is 21.8 Å². The minimum Gasteiger partial charge on any atom is -0.475 e. The Kier molecular flexibility index (Phi) is 6.31. The van der Waals surface area contributed by atoms with E-state index in [1.54, 1.807) is 0 Å². The van der Waals surface area contributed by atoms with Crippen LogP contribution >= 0.6 is 11.8 Å². The van der Waals surface area contributed by atoms with Gasteiger partial charge in [-0.2, -0.15) is 13.2 Å². The first-order valence-corrected chi connectivity index (χ1v) is 10.3. The highest BCUT2D eigenvalue weighted by Gasteiger charge is 2.49. The van der Waals surface area contributed by atoms with Crippen molar-refractivity contribution >= 4 is 17.7 Å². The molecule has 2 saturated heterocycles. The van der Waals surface area contributed by atoms with E-state index in [1.165, 1.54) is 43.7 Å². The zero-order valence-corrected chi connectivity index (χ0v) is 16.7. The average molecular weight is 422 g/mol. The Morgan fingerprint density at radius 2 is 2.04 bits per heavy atom. The maximum absolute atomic E-state index is 10.6. The second-order valence-corrected chi connectivity index (χ2v) is 9.34. The summed E-state index contributed by atoms with van der Waals surface area (Å²) >= 11 is 2.13. The number of thioether (sulfide) groups is 1. The molecule has 6 nitrogen and oxygen atoms in total. The van der Waals surface area contributed by atoms with E-state index in [-0.39, 0.29) is 0 Å². The van der Waals surface area contributed by atoms with Crippen LogP contribution in [0.1, 0.15) is 36.3 Å². The van der Waals surface area contributed by atoms with Gasteiger partial charge in [-0.25, -0.2) is 4.79 Å². The molecule has 2 aliphatic heterocycles. The van der Waals surface area contributed by atoms with E-state index in [0.717, 1.165) is 30.5 Å². The molecule has 0 radical (unpaired) electrons. The molecular weight excluding hydrogens is 397 g/mol. The summed E-state index contributed by atoms with van der Waals surface area (Å²) in [7, 11) is 0. The van der Waals surface area contributed by atoms with Crippen LogP contribution in [0.15, 0.2) is 4.52 Å². The van der Waals surface area contributed by atoms with E-state index >= 15 is 0 Å². The Bertz CT molecular complexity index is 680. The van der Waals surface area contributed by atoms with Gasteiger partial charge in [-0.3, -0.25) is 4.90 Å². The number of hydrogen-bond acceptors (Lipinski definition) is 6. The summed E-state index contributed by atoms with van der Waals surface area (Å²) < 4.78 is 43.5. The molecule has 1 atom stereocenters. The van der Waals surface area contributed by atoms with Crippen molar-refractivity contribution in [2.75, 3.05) is 25.4 Å². The minimum absolute atomic E-state index is 0.465. The Morgan fingerprint density at radius 1 is 1.39 bits per heavy atom. The summed E-state index contributed by atoms with van der Waals surface area (Å²) in [4.78, 5) is 11.4. The van der Waals surface area contributed by atoms with Crippen LogP contribution in [0, 0.1) is 19.8 Å². The Labute approximate surface area is 165 Å². The molecule has 0 amide bonds. The molecule has 0 aromatic carbocycles. The van der Waals surface area contributed by atoms with Crippen molar-refractivity contribution in [1.82, 2.24) is 10.1 Å². The molecule has 0 bridgehead atoms. The molecular formula is C18H25F3N2O4S. The summed E-state index contributed by atoms with van der Waals surface area (Å²) in [6.45, 7) is 8.40. The highest BCUT2D eigenvalue weighted by atomic mass is 32.2. The summed E-state index contributed by atoms with van der Waals surface area (Å²) in [6.07, 6.45) is -0.577.